The van der Waals surface area contributed by atoms with Gasteiger partial charge in [-0.3, -0.25) is 0 Å². The van der Waals surface area contributed by atoms with Gasteiger partial charge in [0.05, 0.1) is 0 Å². The molecule has 0 aliphatic carbocycles. The van der Waals surface area contributed by atoms with Crippen molar-refractivity contribution in [1.29, 1.82) is 0 Å². The van der Waals surface area contributed by atoms with Crippen molar-refractivity contribution >= 4 is 0 Å². The molecule has 2 aromatic carbocycles. The van der Waals surface area contributed by atoms with Gasteiger partial charge in [-0.15, -0.1) is 0 Å². The van der Waals surface area contributed by atoms with Gasteiger partial charge in [-0.05, 0) is 36.7 Å². The van der Waals surface area contributed by atoms with Crippen LogP contribution < -0.4 is 5.32 Å². The van der Waals surface area contributed by atoms with Crippen LogP contribution >= 0.6 is 0 Å². The summed E-state index contributed by atoms with van der Waals surface area (Å²) in [6, 6.07) is 6.71. The summed E-state index contributed by atoms with van der Waals surface area (Å²) >= 11 is 0. The van der Waals surface area contributed by atoms with Gasteiger partial charge in [0.25, 0.3) is 0 Å². The molecule has 21 heavy (non-hydrogen) atoms. The number of hydrogen-bond donors (Lipinski definition) is 1. The minimum atomic E-state index is -1.22. The molecular weight excluding hydrogens is 282 g/mol. The fraction of sp³-hybridized carbons (Fsp3) is 0.250. The SMILES string of the molecule is CCNC(Cc1cccc(F)c1)c1cc(F)c(F)cc1F. The predicted molar refractivity (Wildman–Crippen MR) is 72.8 cm³/mol. The molecule has 0 aliphatic heterocycles. The highest BCUT2D eigenvalue weighted by atomic mass is 19.2. The predicted octanol–water partition coefficient (Wildman–Crippen LogP) is 4.14. The minimum absolute atomic E-state index is 0.0278. The quantitative estimate of drug-likeness (QED) is 0.646. The second-order valence-corrected chi connectivity index (χ2v) is 4.73. The number of hydrogen-bond acceptors (Lipinski definition) is 1. The molecular formula is C16H15F4N. The van der Waals surface area contributed by atoms with E-state index in [0.29, 0.717) is 18.2 Å². The third kappa shape index (κ3) is 3.82. The number of benzene rings is 2. The van der Waals surface area contributed by atoms with Crippen LogP contribution in [0.25, 0.3) is 0 Å². The molecule has 1 unspecified atom stereocenters. The lowest BCUT2D eigenvalue weighted by Crippen LogP contribution is -2.24. The van der Waals surface area contributed by atoms with Gasteiger partial charge in [0.1, 0.15) is 11.6 Å². The van der Waals surface area contributed by atoms with Crippen molar-refractivity contribution in [2.75, 3.05) is 6.54 Å². The van der Waals surface area contributed by atoms with Gasteiger partial charge in [-0.2, -0.15) is 0 Å². The molecule has 1 N–H and O–H groups in total. The topological polar surface area (TPSA) is 12.0 Å². The van der Waals surface area contributed by atoms with E-state index in [1.54, 1.807) is 12.1 Å². The first-order chi connectivity index (χ1) is 10.0. The van der Waals surface area contributed by atoms with Crippen molar-refractivity contribution in [3.63, 3.8) is 0 Å². The Morgan fingerprint density at radius 2 is 1.67 bits per heavy atom. The molecule has 0 aliphatic rings. The summed E-state index contributed by atoms with van der Waals surface area (Å²) < 4.78 is 53.4. The lowest BCUT2D eigenvalue weighted by molar-refractivity contribution is 0.467. The van der Waals surface area contributed by atoms with E-state index < -0.39 is 29.3 Å². The molecule has 0 radical (unpaired) electrons. The second-order valence-electron chi connectivity index (χ2n) is 4.73. The smallest absolute Gasteiger partial charge is 0.161 e. The third-order valence-electron chi connectivity index (χ3n) is 3.19. The first-order valence-electron chi connectivity index (χ1n) is 6.63. The van der Waals surface area contributed by atoms with Crippen molar-refractivity contribution < 1.29 is 17.6 Å². The Bertz CT molecular complexity index is 628. The number of rotatable bonds is 5. The van der Waals surface area contributed by atoms with Gasteiger partial charge >= 0.3 is 0 Å². The maximum absolute atomic E-state index is 13.9. The van der Waals surface area contributed by atoms with Crippen molar-refractivity contribution in [2.24, 2.45) is 0 Å². The standard InChI is InChI=1S/C16H15F4N/c1-2-21-16(7-10-4-3-5-11(17)6-10)12-8-14(19)15(20)9-13(12)18/h3-6,8-9,16,21H,2,7H2,1H3. The molecule has 0 spiro atoms. The lowest BCUT2D eigenvalue weighted by atomic mass is 9.98. The first-order valence-corrected chi connectivity index (χ1v) is 6.63. The Balaban J connectivity index is 2.33. The highest BCUT2D eigenvalue weighted by Crippen LogP contribution is 2.24. The Labute approximate surface area is 120 Å². The monoisotopic (exact) mass is 297 g/mol. The van der Waals surface area contributed by atoms with E-state index in [4.69, 9.17) is 0 Å². The van der Waals surface area contributed by atoms with Crippen LogP contribution in [-0.4, -0.2) is 6.54 Å². The van der Waals surface area contributed by atoms with E-state index in [9.17, 15) is 17.6 Å². The van der Waals surface area contributed by atoms with Crippen molar-refractivity contribution in [2.45, 2.75) is 19.4 Å². The average molecular weight is 297 g/mol. The first kappa shape index (κ1) is 15.5. The minimum Gasteiger partial charge on any atom is -0.310 e. The lowest BCUT2D eigenvalue weighted by Gasteiger charge is -2.19. The molecule has 1 atom stereocenters. The largest absolute Gasteiger partial charge is 0.310 e. The molecule has 2 rings (SSSR count). The molecule has 112 valence electrons. The zero-order valence-electron chi connectivity index (χ0n) is 11.5. The van der Waals surface area contributed by atoms with Gasteiger partial charge in [-0.25, -0.2) is 17.6 Å². The Hall–Kier alpha value is -1.88. The van der Waals surface area contributed by atoms with Crippen LogP contribution in [0.4, 0.5) is 17.6 Å². The molecule has 0 fully saturated rings. The van der Waals surface area contributed by atoms with Gasteiger partial charge in [0.2, 0.25) is 0 Å². The summed E-state index contributed by atoms with van der Waals surface area (Å²) in [4.78, 5) is 0. The summed E-state index contributed by atoms with van der Waals surface area (Å²) in [5.41, 5.74) is 0.671. The van der Waals surface area contributed by atoms with Crippen LogP contribution in [0.2, 0.25) is 0 Å². The van der Waals surface area contributed by atoms with E-state index in [1.165, 1.54) is 12.1 Å². The Morgan fingerprint density at radius 1 is 0.952 bits per heavy atom. The molecule has 0 bridgehead atoms. The Kier molecular flexibility index (Phi) is 4.96. The van der Waals surface area contributed by atoms with Gasteiger partial charge in [0, 0.05) is 17.7 Å². The highest BCUT2D eigenvalue weighted by Gasteiger charge is 2.19. The van der Waals surface area contributed by atoms with E-state index >= 15 is 0 Å². The van der Waals surface area contributed by atoms with Crippen LogP contribution in [0.15, 0.2) is 36.4 Å². The summed E-state index contributed by atoms with van der Waals surface area (Å²) in [7, 11) is 0. The normalized spacial score (nSPS) is 12.4. The molecule has 2 aromatic rings. The number of halogens is 4. The maximum atomic E-state index is 13.9. The van der Waals surface area contributed by atoms with Crippen LogP contribution in [0.5, 0.6) is 0 Å². The zero-order chi connectivity index (χ0) is 15.4. The van der Waals surface area contributed by atoms with Crippen LogP contribution in [0, 0.1) is 23.3 Å². The third-order valence-corrected chi connectivity index (χ3v) is 3.19. The van der Waals surface area contributed by atoms with Gasteiger partial charge in [0.15, 0.2) is 11.6 Å². The van der Waals surface area contributed by atoms with E-state index in [1.807, 2.05) is 6.92 Å². The molecule has 0 saturated carbocycles. The fourth-order valence-electron chi connectivity index (χ4n) is 2.24. The summed E-state index contributed by atoms with van der Waals surface area (Å²) in [6.45, 7) is 2.33. The summed E-state index contributed by atoms with van der Waals surface area (Å²) in [6.07, 6.45) is 0.271. The van der Waals surface area contributed by atoms with Crippen molar-refractivity contribution in [1.82, 2.24) is 5.32 Å². The fourth-order valence-corrected chi connectivity index (χ4v) is 2.24. The number of likely N-dealkylation sites (N-methyl/N-ethyl adjacent to an activating group) is 1. The molecule has 0 aromatic heterocycles. The van der Waals surface area contributed by atoms with Gasteiger partial charge in [-0.1, -0.05) is 19.1 Å². The molecule has 1 nitrogen and oxygen atoms in total. The summed E-state index contributed by atoms with van der Waals surface area (Å²) in [5, 5.41) is 3.00. The highest BCUT2D eigenvalue weighted by molar-refractivity contribution is 5.27. The van der Waals surface area contributed by atoms with E-state index in [0.717, 1.165) is 6.07 Å². The number of nitrogens with one attached hydrogen (secondary N) is 1. The van der Waals surface area contributed by atoms with E-state index in [2.05, 4.69) is 5.32 Å². The molecule has 0 heterocycles. The molecule has 5 heteroatoms. The zero-order valence-corrected chi connectivity index (χ0v) is 11.5. The van der Waals surface area contributed by atoms with Crippen LogP contribution in [0.1, 0.15) is 24.1 Å². The van der Waals surface area contributed by atoms with Gasteiger partial charge < -0.3 is 5.32 Å². The molecule has 0 amide bonds. The van der Waals surface area contributed by atoms with E-state index in [-0.39, 0.29) is 12.0 Å². The summed E-state index contributed by atoms with van der Waals surface area (Å²) in [5.74, 6) is -3.55. The van der Waals surface area contributed by atoms with Crippen molar-refractivity contribution in [3.05, 3.63) is 70.8 Å². The average Bonchev–Trinajstić information content (AvgIpc) is 2.42. The molecule has 0 saturated heterocycles. The Morgan fingerprint density at radius 3 is 2.33 bits per heavy atom. The second kappa shape index (κ2) is 6.72. The maximum Gasteiger partial charge on any atom is 0.161 e. The van der Waals surface area contributed by atoms with Crippen LogP contribution in [0.3, 0.4) is 0 Å². The van der Waals surface area contributed by atoms with Crippen LogP contribution in [-0.2, 0) is 6.42 Å². The van der Waals surface area contributed by atoms with Crippen molar-refractivity contribution in [3.8, 4) is 0 Å².